The van der Waals surface area contributed by atoms with Crippen LogP contribution in [0.5, 0.6) is 0 Å². The van der Waals surface area contributed by atoms with Crippen molar-refractivity contribution in [3.05, 3.63) is 16.0 Å². The van der Waals surface area contributed by atoms with Crippen LogP contribution in [0.2, 0.25) is 0 Å². The summed E-state index contributed by atoms with van der Waals surface area (Å²) < 4.78 is 4.88. The molecule has 1 heterocycles. The van der Waals surface area contributed by atoms with Crippen LogP contribution in [0.25, 0.3) is 0 Å². The Hall–Kier alpha value is -1.14. The van der Waals surface area contributed by atoms with Crippen molar-refractivity contribution < 1.29 is 9.53 Å². The molecule has 1 aliphatic carbocycles. The van der Waals surface area contributed by atoms with Crippen LogP contribution in [-0.4, -0.2) is 24.2 Å². The number of ether oxygens (including phenoxy) is 1. The Morgan fingerprint density at radius 3 is 2.64 bits per heavy atom. The summed E-state index contributed by atoms with van der Waals surface area (Å²) in [5.74, 6) is 0.304. The zero-order chi connectivity index (χ0) is 16.3. The molecule has 1 aromatic heterocycles. The summed E-state index contributed by atoms with van der Waals surface area (Å²) in [6, 6.07) is 0.414. The molecule has 0 aliphatic heterocycles. The number of carbonyl (C=O) groups is 1. The number of nitrogens with one attached hydrogen (secondary N) is 2. The van der Waals surface area contributed by atoms with Gasteiger partial charge in [0.15, 0.2) is 5.11 Å². The van der Waals surface area contributed by atoms with E-state index in [1.54, 1.807) is 0 Å². The third kappa shape index (κ3) is 3.79. The smallest absolute Gasteiger partial charge is 0.341 e. The number of hydrogen-bond donors (Lipinski definition) is 2. The summed E-state index contributed by atoms with van der Waals surface area (Å²) in [4.78, 5) is 13.1. The molecule has 0 radical (unpaired) electrons. The number of esters is 1. The second-order valence-corrected chi connectivity index (χ2v) is 7.58. The average Bonchev–Trinajstić information content (AvgIpc) is 2.75. The van der Waals surface area contributed by atoms with Gasteiger partial charge in [0.2, 0.25) is 0 Å². The summed E-state index contributed by atoms with van der Waals surface area (Å²) in [6.45, 7) is 6.19. The van der Waals surface area contributed by atoms with Gasteiger partial charge in [-0.05, 0) is 50.4 Å². The normalized spacial score (nSPS) is 21.3. The topological polar surface area (TPSA) is 50.4 Å². The molecule has 1 aliphatic rings. The maximum atomic E-state index is 12.0. The van der Waals surface area contributed by atoms with E-state index in [1.807, 2.05) is 13.8 Å². The van der Waals surface area contributed by atoms with Crippen LogP contribution in [0.4, 0.5) is 5.00 Å². The lowest BCUT2D eigenvalue weighted by Crippen LogP contribution is -2.43. The minimum Gasteiger partial charge on any atom is -0.465 e. The van der Waals surface area contributed by atoms with Gasteiger partial charge in [-0.25, -0.2) is 4.79 Å². The molecule has 1 fully saturated rings. The van der Waals surface area contributed by atoms with Crippen LogP contribution in [-0.2, 0) is 4.74 Å². The maximum Gasteiger partial charge on any atom is 0.341 e. The van der Waals surface area contributed by atoms with Crippen LogP contribution in [0.1, 0.15) is 53.4 Å². The number of methoxy groups -OCH3 is 1. The molecular weight excluding hydrogens is 316 g/mol. The van der Waals surface area contributed by atoms with Crippen molar-refractivity contribution in [3.63, 3.8) is 0 Å². The van der Waals surface area contributed by atoms with Gasteiger partial charge >= 0.3 is 5.97 Å². The molecule has 0 amide bonds. The Morgan fingerprint density at radius 1 is 1.32 bits per heavy atom. The van der Waals surface area contributed by atoms with Gasteiger partial charge in [0, 0.05) is 10.9 Å². The van der Waals surface area contributed by atoms with Gasteiger partial charge in [0.25, 0.3) is 0 Å². The molecule has 0 saturated heterocycles. The van der Waals surface area contributed by atoms with E-state index in [9.17, 15) is 4.79 Å². The number of anilines is 1. The van der Waals surface area contributed by atoms with E-state index in [-0.39, 0.29) is 5.97 Å². The second-order valence-electron chi connectivity index (χ2n) is 5.95. The van der Waals surface area contributed by atoms with Gasteiger partial charge in [-0.1, -0.05) is 19.8 Å². The highest BCUT2D eigenvalue weighted by atomic mass is 32.1. The van der Waals surface area contributed by atoms with E-state index in [4.69, 9.17) is 17.0 Å². The maximum absolute atomic E-state index is 12.0. The summed E-state index contributed by atoms with van der Waals surface area (Å²) >= 11 is 6.97. The summed E-state index contributed by atoms with van der Waals surface area (Å²) in [6.07, 6.45) is 4.94. The Balaban J connectivity index is 2.08. The number of hydrogen-bond acceptors (Lipinski definition) is 4. The predicted octanol–water partition coefficient (Wildman–Crippen LogP) is 4.02. The molecule has 122 valence electrons. The highest BCUT2D eigenvalue weighted by Gasteiger charge is 2.24. The zero-order valence-electron chi connectivity index (χ0n) is 13.6. The van der Waals surface area contributed by atoms with Crippen molar-refractivity contribution in [2.45, 2.75) is 52.5 Å². The third-order valence-electron chi connectivity index (χ3n) is 4.43. The molecule has 0 spiro atoms. The fourth-order valence-electron chi connectivity index (χ4n) is 2.90. The van der Waals surface area contributed by atoms with E-state index in [2.05, 4.69) is 17.6 Å². The lowest BCUT2D eigenvalue weighted by molar-refractivity contribution is 0.0601. The zero-order valence-corrected chi connectivity index (χ0v) is 15.2. The van der Waals surface area contributed by atoms with Gasteiger partial charge in [0.05, 0.1) is 12.7 Å². The van der Waals surface area contributed by atoms with Crippen molar-refractivity contribution in [2.24, 2.45) is 5.92 Å². The number of thiophene rings is 1. The first kappa shape index (κ1) is 17.2. The average molecular weight is 341 g/mol. The Bertz CT molecular complexity index is 569. The Morgan fingerprint density at radius 2 is 2.00 bits per heavy atom. The molecule has 22 heavy (non-hydrogen) atoms. The first-order valence-electron chi connectivity index (χ1n) is 7.69. The summed E-state index contributed by atoms with van der Waals surface area (Å²) in [5, 5.41) is 7.95. The Labute approximate surface area is 141 Å². The van der Waals surface area contributed by atoms with E-state index < -0.39 is 0 Å². The third-order valence-corrected chi connectivity index (χ3v) is 5.77. The predicted molar refractivity (Wildman–Crippen MR) is 95.9 cm³/mol. The first-order valence-corrected chi connectivity index (χ1v) is 8.92. The van der Waals surface area contributed by atoms with E-state index >= 15 is 0 Å². The highest BCUT2D eigenvalue weighted by molar-refractivity contribution is 7.80. The van der Waals surface area contributed by atoms with Crippen molar-refractivity contribution >= 4 is 39.6 Å². The van der Waals surface area contributed by atoms with Crippen molar-refractivity contribution in [2.75, 3.05) is 12.4 Å². The molecule has 0 aromatic carbocycles. The number of carbonyl (C=O) groups excluding carboxylic acids is 1. The molecule has 2 N–H and O–H groups in total. The number of aryl methyl sites for hydroxylation is 1. The minimum absolute atomic E-state index is 0.321. The lowest BCUT2D eigenvalue weighted by Gasteiger charge is -2.30. The standard InChI is InChI=1S/C16H24N2O2S2/c1-9-7-5-6-8-12(9)17-16(21)18-14-13(15(19)20-4)10(2)11(3)22-14/h9,12H,5-8H2,1-4H3,(H2,17,18,21)/t9-,12-/m0/s1. The molecule has 6 heteroatoms. The largest absolute Gasteiger partial charge is 0.465 e. The second kappa shape index (κ2) is 7.42. The SMILES string of the molecule is COC(=O)c1c(NC(=S)N[C@H]2CCCC[C@@H]2C)sc(C)c1C. The minimum atomic E-state index is -0.321. The van der Waals surface area contributed by atoms with Crippen LogP contribution in [0.15, 0.2) is 0 Å². The quantitative estimate of drug-likeness (QED) is 0.643. The monoisotopic (exact) mass is 340 g/mol. The molecule has 0 bridgehead atoms. The molecule has 0 unspecified atom stereocenters. The molecule has 4 nitrogen and oxygen atoms in total. The van der Waals surface area contributed by atoms with Gasteiger partial charge in [-0.15, -0.1) is 11.3 Å². The van der Waals surface area contributed by atoms with E-state index in [1.165, 1.54) is 37.7 Å². The highest BCUT2D eigenvalue weighted by Crippen LogP contribution is 2.33. The molecular formula is C16H24N2O2S2. The van der Waals surface area contributed by atoms with Gasteiger partial charge in [0.1, 0.15) is 5.00 Å². The Kier molecular flexibility index (Phi) is 5.81. The van der Waals surface area contributed by atoms with Crippen LogP contribution < -0.4 is 10.6 Å². The number of rotatable bonds is 3. The van der Waals surface area contributed by atoms with Crippen molar-refractivity contribution in [1.29, 1.82) is 0 Å². The van der Waals surface area contributed by atoms with Crippen LogP contribution in [0, 0.1) is 19.8 Å². The van der Waals surface area contributed by atoms with Crippen LogP contribution >= 0.6 is 23.6 Å². The molecule has 1 aromatic rings. The van der Waals surface area contributed by atoms with E-state index in [0.717, 1.165) is 21.9 Å². The van der Waals surface area contributed by atoms with Gasteiger partial charge < -0.3 is 15.4 Å². The van der Waals surface area contributed by atoms with E-state index in [0.29, 0.717) is 22.6 Å². The van der Waals surface area contributed by atoms with Crippen molar-refractivity contribution in [1.82, 2.24) is 5.32 Å². The fourth-order valence-corrected chi connectivity index (χ4v) is 4.27. The van der Waals surface area contributed by atoms with Gasteiger partial charge in [-0.2, -0.15) is 0 Å². The first-order chi connectivity index (χ1) is 10.4. The summed E-state index contributed by atoms with van der Waals surface area (Å²) in [7, 11) is 1.40. The molecule has 2 rings (SSSR count). The van der Waals surface area contributed by atoms with Gasteiger partial charge in [-0.3, -0.25) is 0 Å². The van der Waals surface area contributed by atoms with Crippen LogP contribution in [0.3, 0.4) is 0 Å². The fraction of sp³-hybridized carbons (Fsp3) is 0.625. The molecule has 2 atom stereocenters. The lowest BCUT2D eigenvalue weighted by atomic mass is 9.86. The molecule has 1 saturated carbocycles. The van der Waals surface area contributed by atoms with Crippen molar-refractivity contribution in [3.8, 4) is 0 Å². The summed E-state index contributed by atoms with van der Waals surface area (Å²) in [5.41, 5.74) is 1.54. The number of thiocarbonyl (C=S) groups is 1.